The van der Waals surface area contributed by atoms with Crippen LogP contribution in [0.2, 0.25) is 5.02 Å². The molecule has 0 radical (unpaired) electrons. The fraction of sp³-hybridized carbons (Fsp3) is 0.467. The highest BCUT2D eigenvalue weighted by Crippen LogP contribution is 2.36. The molecule has 1 aliphatic heterocycles. The number of nitrogens with zero attached hydrogens (tertiary/aromatic N) is 2. The van der Waals surface area contributed by atoms with Gasteiger partial charge < -0.3 is 15.1 Å². The van der Waals surface area contributed by atoms with Gasteiger partial charge in [-0.1, -0.05) is 11.6 Å². The molecule has 3 amide bonds. The predicted octanol–water partition coefficient (Wildman–Crippen LogP) is 3.44. The summed E-state index contributed by atoms with van der Waals surface area (Å²) in [5.74, 6) is -0.0650. The second-order valence-electron chi connectivity index (χ2n) is 5.47. The normalized spacial score (nSPS) is 15.9. The summed E-state index contributed by atoms with van der Waals surface area (Å²) in [5.41, 5.74) is -0.981. The summed E-state index contributed by atoms with van der Waals surface area (Å²) < 4.78 is 38.5. The third-order valence-corrected chi connectivity index (χ3v) is 4.08. The molecule has 1 aliphatic rings. The number of alkyl halides is 3. The lowest BCUT2D eigenvalue weighted by Crippen LogP contribution is -2.38. The first kappa shape index (κ1) is 18.4. The van der Waals surface area contributed by atoms with Crippen molar-refractivity contribution in [2.75, 3.05) is 31.5 Å². The number of carbonyl (C=O) groups is 2. The number of amides is 3. The maximum Gasteiger partial charge on any atom is 0.417 e. The van der Waals surface area contributed by atoms with Crippen LogP contribution in [0.5, 0.6) is 0 Å². The molecule has 1 heterocycles. The van der Waals surface area contributed by atoms with Gasteiger partial charge in [0.15, 0.2) is 0 Å². The first-order valence-electron chi connectivity index (χ1n) is 7.36. The second-order valence-corrected chi connectivity index (χ2v) is 5.88. The molecular weight excluding hydrogens is 347 g/mol. The van der Waals surface area contributed by atoms with Crippen molar-refractivity contribution in [3.8, 4) is 0 Å². The molecule has 0 saturated carbocycles. The van der Waals surface area contributed by atoms with Crippen LogP contribution < -0.4 is 5.32 Å². The summed E-state index contributed by atoms with van der Waals surface area (Å²) in [6.07, 6.45) is -3.98. The van der Waals surface area contributed by atoms with Crippen molar-refractivity contribution in [1.29, 1.82) is 0 Å². The van der Waals surface area contributed by atoms with Crippen molar-refractivity contribution in [1.82, 2.24) is 9.80 Å². The summed E-state index contributed by atoms with van der Waals surface area (Å²) in [5, 5.41) is 2.02. The van der Waals surface area contributed by atoms with Crippen LogP contribution in [0.4, 0.5) is 23.7 Å². The number of benzene rings is 1. The average molecular weight is 364 g/mol. The van der Waals surface area contributed by atoms with E-state index in [1.54, 1.807) is 4.90 Å². The van der Waals surface area contributed by atoms with Crippen molar-refractivity contribution >= 4 is 29.2 Å². The van der Waals surface area contributed by atoms with Crippen molar-refractivity contribution in [3.63, 3.8) is 0 Å². The minimum Gasteiger partial charge on any atom is -0.341 e. The van der Waals surface area contributed by atoms with Crippen LogP contribution in [0, 0.1) is 0 Å². The van der Waals surface area contributed by atoms with Crippen molar-refractivity contribution in [2.24, 2.45) is 0 Å². The summed E-state index contributed by atoms with van der Waals surface area (Å²) in [6, 6.07) is 2.71. The number of rotatable bonds is 1. The molecule has 24 heavy (non-hydrogen) atoms. The van der Waals surface area contributed by atoms with Crippen LogP contribution in [0.25, 0.3) is 0 Å². The van der Waals surface area contributed by atoms with Gasteiger partial charge in [-0.3, -0.25) is 4.79 Å². The van der Waals surface area contributed by atoms with Gasteiger partial charge in [-0.25, -0.2) is 4.79 Å². The Labute approximate surface area is 142 Å². The van der Waals surface area contributed by atoms with Crippen LogP contribution in [-0.2, 0) is 11.0 Å². The van der Waals surface area contributed by atoms with Gasteiger partial charge in [-0.2, -0.15) is 13.2 Å². The summed E-state index contributed by atoms with van der Waals surface area (Å²) in [6.45, 7) is 3.16. The van der Waals surface area contributed by atoms with E-state index in [1.807, 2.05) is 0 Å². The van der Waals surface area contributed by atoms with Gasteiger partial charge in [0.2, 0.25) is 5.91 Å². The minimum atomic E-state index is -4.59. The Morgan fingerprint density at radius 3 is 2.38 bits per heavy atom. The van der Waals surface area contributed by atoms with Gasteiger partial charge >= 0.3 is 12.2 Å². The van der Waals surface area contributed by atoms with E-state index in [9.17, 15) is 22.8 Å². The number of urea groups is 1. The number of anilines is 1. The molecule has 1 N–H and O–H groups in total. The molecule has 9 heteroatoms. The van der Waals surface area contributed by atoms with E-state index >= 15 is 0 Å². The largest absolute Gasteiger partial charge is 0.417 e. The Morgan fingerprint density at radius 1 is 1.12 bits per heavy atom. The Morgan fingerprint density at radius 2 is 1.75 bits per heavy atom. The molecule has 132 valence electrons. The number of nitrogens with one attached hydrogen (secondary N) is 1. The first-order valence-corrected chi connectivity index (χ1v) is 7.74. The second kappa shape index (κ2) is 7.29. The Kier molecular flexibility index (Phi) is 5.58. The summed E-state index contributed by atoms with van der Waals surface area (Å²) in [4.78, 5) is 26.7. The number of carbonyl (C=O) groups excluding carboxylic acids is 2. The van der Waals surface area contributed by atoms with E-state index in [0.29, 0.717) is 32.6 Å². The number of hydrogen-bond donors (Lipinski definition) is 1. The molecule has 1 aromatic carbocycles. The maximum absolute atomic E-state index is 12.8. The monoisotopic (exact) mass is 363 g/mol. The van der Waals surface area contributed by atoms with Crippen molar-refractivity contribution < 1.29 is 22.8 Å². The quantitative estimate of drug-likeness (QED) is 0.831. The topological polar surface area (TPSA) is 52.7 Å². The smallest absolute Gasteiger partial charge is 0.341 e. The van der Waals surface area contributed by atoms with E-state index in [4.69, 9.17) is 11.6 Å². The van der Waals surface area contributed by atoms with E-state index in [-0.39, 0.29) is 11.6 Å². The van der Waals surface area contributed by atoms with Crippen LogP contribution in [0.15, 0.2) is 18.2 Å². The Bertz CT molecular complexity index is 637. The molecule has 5 nitrogen and oxygen atoms in total. The zero-order chi connectivity index (χ0) is 17.9. The Hall–Kier alpha value is -1.96. The van der Waals surface area contributed by atoms with Gasteiger partial charge in [-0.05, 0) is 24.6 Å². The lowest BCUT2D eigenvalue weighted by atomic mass is 10.2. The predicted molar refractivity (Wildman–Crippen MR) is 83.9 cm³/mol. The zero-order valence-electron chi connectivity index (χ0n) is 13.0. The third kappa shape index (κ3) is 4.53. The molecule has 1 saturated heterocycles. The average Bonchev–Trinajstić information content (AvgIpc) is 2.74. The number of halogens is 4. The highest BCUT2D eigenvalue weighted by Gasteiger charge is 2.33. The van der Waals surface area contributed by atoms with Gasteiger partial charge in [0, 0.05) is 38.8 Å². The van der Waals surface area contributed by atoms with E-state index in [2.05, 4.69) is 5.32 Å². The van der Waals surface area contributed by atoms with Crippen LogP contribution in [0.3, 0.4) is 0 Å². The van der Waals surface area contributed by atoms with Crippen LogP contribution in [0.1, 0.15) is 18.9 Å². The molecule has 1 fully saturated rings. The molecule has 0 aliphatic carbocycles. The molecule has 0 aromatic heterocycles. The lowest BCUT2D eigenvalue weighted by molar-refractivity contribution is -0.137. The van der Waals surface area contributed by atoms with Gasteiger partial charge in [0.25, 0.3) is 0 Å². The minimum absolute atomic E-state index is 0.0180. The van der Waals surface area contributed by atoms with Gasteiger partial charge in [-0.15, -0.1) is 0 Å². The Balaban J connectivity index is 2.06. The molecule has 2 rings (SSSR count). The van der Waals surface area contributed by atoms with E-state index < -0.39 is 22.8 Å². The van der Waals surface area contributed by atoms with Crippen molar-refractivity contribution in [3.05, 3.63) is 28.8 Å². The summed E-state index contributed by atoms with van der Waals surface area (Å²) >= 11 is 5.55. The molecule has 0 bridgehead atoms. The standard InChI is InChI=1S/C15H17ClF3N3O2/c1-10(23)21-5-2-6-22(8-7-21)14(24)20-11-3-4-13(16)12(9-11)15(17,18)19/h3-4,9H,2,5-8H2,1H3,(H,20,24). The SMILES string of the molecule is CC(=O)N1CCCN(C(=O)Nc2ccc(Cl)c(C(F)(F)F)c2)CC1. The third-order valence-electron chi connectivity index (χ3n) is 3.75. The maximum atomic E-state index is 12.8. The highest BCUT2D eigenvalue weighted by molar-refractivity contribution is 6.31. The van der Waals surface area contributed by atoms with Crippen LogP contribution in [-0.4, -0.2) is 47.9 Å². The van der Waals surface area contributed by atoms with Gasteiger partial charge in [0.1, 0.15) is 0 Å². The van der Waals surface area contributed by atoms with E-state index in [1.165, 1.54) is 17.9 Å². The van der Waals surface area contributed by atoms with Crippen molar-refractivity contribution in [2.45, 2.75) is 19.5 Å². The fourth-order valence-electron chi connectivity index (χ4n) is 2.46. The molecule has 1 aromatic rings. The molecule has 0 atom stereocenters. The van der Waals surface area contributed by atoms with Gasteiger partial charge in [0.05, 0.1) is 10.6 Å². The number of hydrogen-bond acceptors (Lipinski definition) is 2. The molecule has 0 unspecified atom stereocenters. The van der Waals surface area contributed by atoms with E-state index in [0.717, 1.165) is 12.1 Å². The summed E-state index contributed by atoms with van der Waals surface area (Å²) in [7, 11) is 0. The lowest BCUT2D eigenvalue weighted by Gasteiger charge is -2.22. The molecule has 0 spiro atoms. The fourth-order valence-corrected chi connectivity index (χ4v) is 2.68. The first-order chi connectivity index (χ1) is 11.2. The highest BCUT2D eigenvalue weighted by atomic mass is 35.5. The zero-order valence-corrected chi connectivity index (χ0v) is 13.7. The van der Waals surface area contributed by atoms with Crippen LogP contribution >= 0.6 is 11.6 Å². The molecular formula is C15H17ClF3N3O2.